The molecule has 0 radical (unpaired) electrons. The van der Waals surface area contributed by atoms with Crippen molar-refractivity contribution in [2.75, 3.05) is 5.43 Å². The molecule has 0 aliphatic carbocycles. The Morgan fingerprint density at radius 3 is 2.29 bits per heavy atom. The summed E-state index contributed by atoms with van der Waals surface area (Å²) in [6.45, 7) is 0. The Labute approximate surface area is 139 Å². The van der Waals surface area contributed by atoms with Crippen LogP contribution in [0.5, 0.6) is 0 Å². The predicted molar refractivity (Wildman–Crippen MR) is 97.1 cm³/mol. The second kappa shape index (κ2) is 6.38. The molecule has 0 atom stereocenters. The first-order valence-electron chi connectivity index (χ1n) is 7.69. The number of benzene rings is 3. The van der Waals surface area contributed by atoms with Gasteiger partial charge in [0.1, 0.15) is 5.52 Å². The standard InChI is InChI=1S/C20H15N3O/c1-2-6-16(7-3-1)17-12-10-15(11-13-17)14-21-23-20-22-18-8-4-5-9-19(18)24-20/h1-14H,(H,22,23)/b21-14-. The van der Waals surface area contributed by atoms with Gasteiger partial charge in [-0.25, -0.2) is 5.43 Å². The average Bonchev–Trinajstić information content (AvgIpc) is 3.06. The van der Waals surface area contributed by atoms with Gasteiger partial charge in [-0.1, -0.05) is 66.7 Å². The van der Waals surface area contributed by atoms with E-state index in [1.54, 1.807) is 6.21 Å². The van der Waals surface area contributed by atoms with Gasteiger partial charge >= 0.3 is 6.01 Å². The summed E-state index contributed by atoms with van der Waals surface area (Å²) in [6, 6.07) is 26.5. The maximum atomic E-state index is 5.55. The molecule has 0 bridgehead atoms. The number of anilines is 1. The maximum absolute atomic E-state index is 5.55. The number of nitrogens with one attached hydrogen (secondary N) is 1. The molecule has 0 aliphatic rings. The zero-order chi connectivity index (χ0) is 16.2. The van der Waals surface area contributed by atoms with Crippen molar-refractivity contribution in [2.45, 2.75) is 0 Å². The van der Waals surface area contributed by atoms with Crippen molar-refractivity contribution in [1.29, 1.82) is 0 Å². The number of para-hydroxylation sites is 2. The maximum Gasteiger partial charge on any atom is 0.316 e. The highest BCUT2D eigenvalue weighted by atomic mass is 16.4. The molecule has 1 aromatic heterocycles. The molecule has 3 aromatic carbocycles. The van der Waals surface area contributed by atoms with Crippen LogP contribution in [0.3, 0.4) is 0 Å². The Morgan fingerprint density at radius 1 is 0.792 bits per heavy atom. The van der Waals surface area contributed by atoms with Crippen molar-refractivity contribution in [2.24, 2.45) is 5.10 Å². The van der Waals surface area contributed by atoms with Crippen LogP contribution in [0.4, 0.5) is 6.01 Å². The number of fused-ring (bicyclic) bond motifs is 1. The zero-order valence-electron chi connectivity index (χ0n) is 12.9. The van der Waals surface area contributed by atoms with Gasteiger partial charge in [-0.05, 0) is 28.8 Å². The molecule has 0 saturated carbocycles. The Balaban J connectivity index is 1.46. The van der Waals surface area contributed by atoms with Gasteiger partial charge in [0.15, 0.2) is 5.58 Å². The highest BCUT2D eigenvalue weighted by Gasteiger charge is 2.02. The fourth-order valence-corrected chi connectivity index (χ4v) is 2.47. The Kier molecular flexibility index (Phi) is 3.78. The highest BCUT2D eigenvalue weighted by Crippen LogP contribution is 2.19. The van der Waals surface area contributed by atoms with Crippen LogP contribution in [0.15, 0.2) is 88.4 Å². The van der Waals surface area contributed by atoms with Crippen LogP contribution in [0.25, 0.3) is 22.2 Å². The van der Waals surface area contributed by atoms with Gasteiger partial charge in [0.05, 0.1) is 6.21 Å². The SMILES string of the molecule is C(=N/Nc1nc2ccccc2o1)/c1ccc(-c2ccccc2)cc1. The van der Waals surface area contributed by atoms with Crippen LogP contribution < -0.4 is 5.43 Å². The van der Waals surface area contributed by atoms with Crippen molar-refractivity contribution in [1.82, 2.24) is 4.98 Å². The fraction of sp³-hybridized carbons (Fsp3) is 0. The predicted octanol–water partition coefficient (Wildman–Crippen LogP) is 4.94. The lowest BCUT2D eigenvalue weighted by atomic mass is 10.0. The molecule has 116 valence electrons. The van der Waals surface area contributed by atoms with E-state index in [1.165, 1.54) is 11.1 Å². The summed E-state index contributed by atoms with van der Waals surface area (Å²) in [5, 5.41) is 4.18. The molecule has 0 aliphatic heterocycles. The quantitative estimate of drug-likeness (QED) is 0.429. The molecule has 4 nitrogen and oxygen atoms in total. The summed E-state index contributed by atoms with van der Waals surface area (Å²) in [5.41, 5.74) is 7.74. The van der Waals surface area contributed by atoms with Gasteiger partial charge in [0, 0.05) is 0 Å². The lowest BCUT2D eigenvalue weighted by Gasteiger charge is -2.01. The third kappa shape index (κ3) is 3.03. The number of hydrogen-bond donors (Lipinski definition) is 1. The molecular weight excluding hydrogens is 298 g/mol. The fourth-order valence-electron chi connectivity index (χ4n) is 2.47. The van der Waals surface area contributed by atoms with Gasteiger partial charge < -0.3 is 4.42 Å². The van der Waals surface area contributed by atoms with E-state index in [9.17, 15) is 0 Å². The molecule has 0 saturated heterocycles. The summed E-state index contributed by atoms with van der Waals surface area (Å²) in [6.07, 6.45) is 1.74. The summed E-state index contributed by atoms with van der Waals surface area (Å²) < 4.78 is 5.55. The zero-order valence-corrected chi connectivity index (χ0v) is 12.9. The highest BCUT2D eigenvalue weighted by molar-refractivity contribution is 5.81. The van der Waals surface area contributed by atoms with E-state index < -0.39 is 0 Å². The topological polar surface area (TPSA) is 50.4 Å². The van der Waals surface area contributed by atoms with Crippen LogP contribution in [0.2, 0.25) is 0 Å². The van der Waals surface area contributed by atoms with Gasteiger partial charge in [0.25, 0.3) is 0 Å². The first kappa shape index (κ1) is 14.2. The van der Waals surface area contributed by atoms with E-state index in [2.05, 4.69) is 39.8 Å². The minimum atomic E-state index is 0.383. The minimum absolute atomic E-state index is 0.383. The van der Waals surface area contributed by atoms with Crippen LogP contribution in [-0.2, 0) is 0 Å². The number of aromatic nitrogens is 1. The van der Waals surface area contributed by atoms with Crippen LogP contribution in [0.1, 0.15) is 5.56 Å². The van der Waals surface area contributed by atoms with E-state index in [1.807, 2.05) is 54.6 Å². The van der Waals surface area contributed by atoms with Crippen LogP contribution in [0, 0.1) is 0 Å². The summed E-state index contributed by atoms with van der Waals surface area (Å²) in [4.78, 5) is 4.31. The van der Waals surface area contributed by atoms with E-state index in [0.29, 0.717) is 6.01 Å². The van der Waals surface area contributed by atoms with Crippen molar-refractivity contribution < 1.29 is 4.42 Å². The van der Waals surface area contributed by atoms with Crippen molar-refractivity contribution in [3.63, 3.8) is 0 Å². The number of rotatable bonds is 4. The second-order valence-corrected chi connectivity index (χ2v) is 5.34. The number of nitrogens with zero attached hydrogens (tertiary/aromatic N) is 2. The number of oxazole rings is 1. The average molecular weight is 313 g/mol. The largest absolute Gasteiger partial charge is 0.422 e. The summed E-state index contributed by atoms with van der Waals surface area (Å²) in [5.74, 6) is 0. The Bertz CT molecular complexity index is 940. The monoisotopic (exact) mass is 313 g/mol. The minimum Gasteiger partial charge on any atom is -0.422 e. The lowest BCUT2D eigenvalue weighted by Crippen LogP contribution is -1.90. The third-order valence-corrected chi connectivity index (χ3v) is 3.69. The molecule has 4 heteroatoms. The summed E-state index contributed by atoms with van der Waals surface area (Å²) in [7, 11) is 0. The van der Waals surface area contributed by atoms with Crippen molar-refractivity contribution in [3.05, 3.63) is 84.4 Å². The molecule has 4 rings (SSSR count). The molecule has 0 spiro atoms. The molecule has 0 unspecified atom stereocenters. The van der Waals surface area contributed by atoms with Crippen LogP contribution >= 0.6 is 0 Å². The van der Waals surface area contributed by atoms with Crippen LogP contribution in [-0.4, -0.2) is 11.2 Å². The van der Waals surface area contributed by atoms with Gasteiger partial charge in [-0.2, -0.15) is 10.1 Å². The van der Waals surface area contributed by atoms with E-state index in [-0.39, 0.29) is 0 Å². The first-order valence-corrected chi connectivity index (χ1v) is 7.69. The molecule has 24 heavy (non-hydrogen) atoms. The van der Waals surface area contributed by atoms with Gasteiger partial charge in [-0.15, -0.1) is 0 Å². The molecule has 1 heterocycles. The smallest absolute Gasteiger partial charge is 0.316 e. The number of hydrogen-bond acceptors (Lipinski definition) is 4. The van der Waals surface area contributed by atoms with E-state index in [0.717, 1.165) is 16.7 Å². The van der Waals surface area contributed by atoms with Crippen molar-refractivity contribution >= 4 is 23.3 Å². The van der Waals surface area contributed by atoms with E-state index >= 15 is 0 Å². The molecular formula is C20H15N3O. The molecule has 4 aromatic rings. The molecule has 1 N–H and O–H groups in total. The third-order valence-electron chi connectivity index (χ3n) is 3.69. The van der Waals surface area contributed by atoms with Crippen molar-refractivity contribution in [3.8, 4) is 11.1 Å². The summed E-state index contributed by atoms with van der Waals surface area (Å²) >= 11 is 0. The number of hydrazone groups is 1. The second-order valence-electron chi connectivity index (χ2n) is 5.34. The van der Waals surface area contributed by atoms with Gasteiger partial charge in [0.2, 0.25) is 0 Å². The first-order chi connectivity index (χ1) is 11.9. The molecule has 0 fully saturated rings. The van der Waals surface area contributed by atoms with Gasteiger partial charge in [-0.3, -0.25) is 0 Å². The Hall–Kier alpha value is -3.40. The Morgan fingerprint density at radius 2 is 1.50 bits per heavy atom. The lowest BCUT2D eigenvalue weighted by molar-refractivity contribution is 0.617. The van der Waals surface area contributed by atoms with E-state index in [4.69, 9.17) is 4.42 Å². The molecule has 0 amide bonds. The normalized spacial score (nSPS) is 11.2.